The second-order valence-electron chi connectivity index (χ2n) is 5.13. The lowest BCUT2D eigenvalue weighted by atomic mass is 10.2. The van der Waals surface area contributed by atoms with Gasteiger partial charge < -0.3 is 9.88 Å². The Bertz CT molecular complexity index is 862. The lowest BCUT2D eigenvalue weighted by Crippen LogP contribution is -2.24. The number of fused-ring (bicyclic) bond motifs is 1. The molecule has 0 aliphatic carbocycles. The number of para-hydroxylation sites is 2. The Morgan fingerprint density at radius 1 is 1.13 bits per heavy atom. The fourth-order valence-corrected chi connectivity index (χ4v) is 2.52. The van der Waals surface area contributed by atoms with Crippen LogP contribution in [0.4, 0.5) is 0 Å². The molecule has 0 saturated heterocycles. The summed E-state index contributed by atoms with van der Waals surface area (Å²) in [4.78, 5) is 16.7. The van der Waals surface area contributed by atoms with Gasteiger partial charge >= 0.3 is 0 Å². The second kappa shape index (κ2) is 6.75. The fraction of sp³-hybridized carbons (Fsp3) is 0.167. The summed E-state index contributed by atoms with van der Waals surface area (Å²) in [5.41, 5.74) is 2.47. The Balaban J connectivity index is 1.82. The molecule has 0 saturated carbocycles. The number of carbonyl (C=O) groups is 1. The van der Waals surface area contributed by atoms with Gasteiger partial charge in [-0.2, -0.15) is 5.26 Å². The standard InChI is InChI=1S/C18H16N4O/c19-11-6-12-22-16-10-5-4-9-15(16)21-17(22)13-20-18(23)14-7-2-1-3-8-14/h1-5,7-10H,6,12-13H2,(H,20,23). The summed E-state index contributed by atoms with van der Waals surface area (Å²) in [6.07, 6.45) is 0.403. The van der Waals surface area contributed by atoms with Crippen molar-refractivity contribution in [3.05, 3.63) is 66.0 Å². The Labute approximate surface area is 134 Å². The topological polar surface area (TPSA) is 70.7 Å². The van der Waals surface area contributed by atoms with Gasteiger partial charge in [-0.1, -0.05) is 30.3 Å². The fourth-order valence-electron chi connectivity index (χ4n) is 2.52. The minimum Gasteiger partial charge on any atom is -0.345 e. The van der Waals surface area contributed by atoms with Gasteiger partial charge in [-0.05, 0) is 24.3 Å². The van der Waals surface area contributed by atoms with Crippen molar-refractivity contribution in [3.63, 3.8) is 0 Å². The van der Waals surface area contributed by atoms with Crippen molar-refractivity contribution >= 4 is 16.9 Å². The van der Waals surface area contributed by atoms with E-state index in [4.69, 9.17) is 5.26 Å². The van der Waals surface area contributed by atoms with Crippen LogP contribution in [0.5, 0.6) is 0 Å². The first kappa shape index (κ1) is 14.8. The summed E-state index contributed by atoms with van der Waals surface area (Å²) in [6, 6.07) is 19.0. The molecule has 0 unspecified atom stereocenters. The van der Waals surface area contributed by atoms with Crippen LogP contribution in [0.15, 0.2) is 54.6 Å². The van der Waals surface area contributed by atoms with Crippen molar-refractivity contribution in [1.82, 2.24) is 14.9 Å². The molecule has 0 bridgehead atoms. The molecular formula is C18H16N4O. The molecule has 0 aliphatic rings. The summed E-state index contributed by atoms with van der Waals surface area (Å²) in [5.74, 6) is 0.621. The minimum atomic E-state index is -0.135. The highest BCUT2D eigenvalue weighted by Crippen LogP contribution is 2.16. The van der Waals surface area contributed by atoms with Crippen LogP contribution in [0.2, 0.25) is 0 Å². The number of nitrogens with one attached hydrogen (secondary N) is 1. The summed E-state index contributed by atoms with van der Waals surface area (Å²) in [7, 11) is 0. The SMILES string of the molecule is N#CCCn1c(CNC(=O)c2ccccc2)nc2ccccc21. The van der Waals surface area contributed by atoms with Crippen molar-refractivity contribution in [2.24, 2.45) is 0 Å². The number of aromatic nitrogens is 2. The molecule has 0 atom stereocenters. The van der Waals surface area contributed by atoms with Crippen molar-refractivity contribution < 1.29 is 4.79 Å². The predicted molar refractivity (Wildman–Crippen MR) is 87.6 cm³/mol. The van der Waals surface area contributed by atoms with E-state index in [9.17, 15) is 4.79 Å². The van der Waals surface area contributed by atoms with Crippen molar-refractivity contribution in [2.45, 2.75) is 19.5 Å². The molecule has 23 heavy (non-hydrogen) atoms. The van der Waals surface area contributed by atoms with E-state index in [1.54, 1.807) is 12.1 Å². The van der Waals surface area contributed by atoms with Gasteiger partial charge in [-0.15, -0.1) is 0 Å². The van der Waals surface area contributed by atoms with Crippen LogP contribution in [0.1, 0.15) is 22.6 Å². The number of nitriles is 1. The molecule has 0 spiro atoms. The van der Waals surface area contributed by atoms with Gasteiger partial charge in [0.15, 0.2) is 0 Å². The second-order valence-corrected chi connectivity index (χ2v) is 5.13. The van der Waals surface area contributed by atoms with E-state index in [1.807, 2.05) is 47.0 Å². The highest BCUT2D eigenvalue weighted by molar-refractivity contribution is 5.94. The highest BCUT2D eigenvalue weighted by atomic mass is 16.1. The maximum atomic E-state index is 12.2. The molecule has 1 N–H and O–H groups in total. The Kier molecular flexibility index (Phi) is 4.34. The number of amides is 1. The average molecular weight is 304 g/mol. The highest BCUT2D eigenvalue weighted by Gasteiger charge is 2.12. The molecule has 114 valence electrons. The van der Waals surface area contributed by atoms with E-state index in [-0.39, 0.29) is 5.91 Å². The third kappa shape index (κ3) is 3.22. The first-order chi connectivity index (χ1) is 11.3. The molecule has 1 aromatic heterocycles. The molecule has 1 heterocycles. The minimum absolute atomic E-state index is 0.135. The lowest BCUT2D eigenvalue weighted by Gasteiger charge is -2.08. The molecule has 5 nitrogen and oxygen atoms in total. The molecule has 0 radical (unpaired) electrons. The van der Waals surface area contributed by atoms with Gasteiger partial charge in [0.05, 0.1) is 30.1 Å². The van der Waals surface area contributed by atoms with Gasteiger partial charge in [0, 0.05) is 12.1 Å². The number of hydrogen-bond acceptors (Lipinski definition) is 3. The van der Waals surface area contributed by atoms with Crippen molar-refractivity contribution in [1.29, 1.82) is 5.26 Å². The summed E-state index contributed by atoms with van der Waals surface area (Å²) < 4.78 is 1.99. The van der Waals surface area contributed by atoms with Crippen LogP contribution in [0, 0.1) is 11.3 Å². The summed E-state index contributed by atoms with van der Waals surface area (Å²) >= 11 is 0. The average Bonchev–Trinajstić information content (AvgIpc) is 2.96. The summed E-state index contributed by atoms with van der Waals surface area (Å²) in [5, 5.41) is 11.7. The quantitative estimate of drug-likeness (QED) is 0.788. The van der Waals surface area contributed by atoms with Gasteiger partial charge in [0.1, 0.15) is 5.82 Å². The zero-order valence-electron chi connectivity index (χ0n) is 12.6. The van der Waals surface area contributed by atoms with Crippen LogP contribution in [0.3, 0.4) is 0 Å². The zero-order chi connectivity index (χ0) is 16.1. The monoisotopic (exact) mass is 304 g/mol. The van der Waals surface area contributed by atoms with E-state index in [0.717, 1.165) is 16.9 Å². The molecule has 0 aliphatic heterocycles. The van der Waals surface area contributed by atoms with Gasteiger partial charge in [0.25, 0.3) is 5.91 Å². The van der Waals surface area contributed by atoms with E-state index in [0.29, 0.717) is 25.1 Å². The zero-order valence-corrected chi connectivity index (χ0v) is 12.6. The molecule has 3 rings (SSSR count). The molecule has 5 heteroatoms. The van der Waals surface area contributed by atoms with Crippen LogP contribution < -0.4 is 5.32 Å². The number of aryl methyl sites for hydroxylation is 1. The Morgan fingerprint density at radius 3 is 2.65 bits per heavy atom. The smallest absolute Gasteiger partial charge is 0.251 e. The summed E-state index contributed by atoms with van der Waals surface area (Å²) in [6.45, 7) is 0.890. The maximum absolute atomic E-state index is 12.2. The lowest BCUT2D eigenvalue weighted by molar-refractivity contribution is 0.0949. The predicted octanol–water partition coefficient (Wildman–Crippen LogP) is 2.88. The number of rotatable bonds is 5. The molecular weight excluding hydrogens is 288 g/mol. The number of hydrogen-bond donors (Lipinski definition) is 1. The number of carbonyl (C=O) groups excluding carboxylic acids is 1. The number of benzene rings is 2. The van der Waals surface area contributed by atoms with E-state index < -0.39 is 0 Å². The normalized spacial score (nSPS) is 10.4. The molecule has 1 amide bonds. The molecule has 3 aromatic rings. The van der Waals surface area contributed by atoms with Crippen molar-refractivity contribution in [2.75, 3.05) is 0 Å². The van der Waals surface area contributed by atoms with Crippen LogP contribution in [0.25, 0.3) is 11.0 Å². The van der Waals surface area contributed by atoms with Crippen molar-refractivity contribution in [3.8, 4) is 6.07 Å². The van der Waals surface area contributed by atoms with E-state index in [1.165, 1.54) is 0 Å². The van der Waals surface area contributed by atoms with Crippen LogP contribution in [-0.2, 0) is 13.1 Å². The Hall–Kier alpha value is -3.13. The van der Waals surface area contributed by atoms with E-state index >= 15 is 0 Å². The van der Waals surface area contributed by atoms with Crippen LogP contribution in [-0.4, -0.2) is 15.5 Å². The molecule has 2 aromatic carbocycles. The number of imidazole rings is 1. The third-order valence-corrected chi connectivity index (χ3v) is 3.62. The third-order valence-electron chi connectivity index (χ3n) is 3.62. The van der Waals surface area contributed by atoms with Gasteiger partial charge in [-0.3, -0.25) is 4.79 Å². The number of nitrogens with zero attached hydrogens (tertiary/aromatic N) is 3. The van der Waals surface area contributed by atoms with Crippen LogP contribution >= 0.6 is 0 Å². The maximum Gasteiger partial charge on any atom is 0.251 e. The van der Waals surface area contributed by atoms with E-state index in [2.05, 4.69) is 16.4 Å². The largest absolute Gasteiger partial charge is 0.345 e. The first-order valence-electron chi connectivity index (χ1n) is 7.44. The Morgan fingerprint density at radius 2 is 1.87 bits per heavy atom. The van der Waals surface area contributed by atoms with Gasteiger partial charge in [-0.25, -0.2) is 4.98 Å². The van der Waals surface area contributed by atoms with Gasteiger partial charge in [0.2, 0.25) is 0 Å². The molecule has 0 fully saturated rings. The first-order valence-corrected chi connectivity index (χ1v) is 7.44.